The summed E-state index contributed by atoms with van der Waals surface area (Å²) in [6.07, 6.45) is 1.14. The minimum Gasteiger partial charge on any atom is -0.469 e. The summed E-state index contributed by atoms with van der Waals surface area (Å²) >= 11 is 1.29. The van der Waals surface area contributed by atoms with Crippen molar-refractivity contribution in [2.75, 3.05) is 18.4 Å². The highest BCUT2D eigenvalue weighted by Crippen LogP contribution is 2.29. The van der Waals surface area contributed by atoms with Gasteiger partial charge in [-0.3, -0.25) is 4.79 Å². The van der Waals surface area contributed by atoms with Gasteiger partial charge in [-0.2, -0.15) is 14.3 Å². The fraction of sp³-hybridized carbons (Fsp3) is 0.333. The lowest BCUT2D eigenvalue weighted by molar-refractivity contribution is -0.130. The molecule has 28 heavy (non-hydrogen) atoms. The van der Waals surface area contributed by atoms with E-state index in [-0.39, 0.29) is 24.8 Å². The maximum Gasteiger partial charge on any atom is 0.246 e. The van der Waals surface area contributed by atoms with Gasteiger partial charge in [0.15, 0.2) is 0 Å². The number of ether oxygens (including phenoxy) is 1. The number of amides is 1. The Morgan fingerprint density at radius 3 is 3.14 bits per heavy atom. The monoisotopic (exact) mass is 402 g/mol. The molecule has 0 saturated carbocycles. The number of likely N-dealkylation sites (tertiary alicyclic amines) is 1. The number of anilines is 2. The van der Waals surface area contributed by atoms with Gasteiger partial charge in [0.1, 0.15) is 22.9 Å². The largest absolute Gasteiger partial charge is 0.469 e. The normalized spacial score (nSPS) is 19.6. The fourth-order valence-electron chi connectivity index (χ4n) is 3.06. The number of rotatable bonds is 5. The summed E-state index contributed by atoms with van der Waals surface area (Å²) in [4.78, 5) is 25.3. The molecule has 1 aliphatic rings. The van der Waals surface area contributed by atoms with E-state index >= 15 is 0 Å². The van der Waals surface area contributed by atoms with Gasteiger partial charge in [-0.15, -0.1) is 0 Å². The molecule has 1 saturated heterocycles. The summed E-state index contributed by atoms with van der Waals surface area (Å²) in [6.45, 7) is 5.86. The van der Waals surface area contributed by atoms with E-state index in [0.717, 1.165) is 10.7 Å². The van der Waals surface area contributed by atoms with Gasteiger partial charge in [0, 0.05) is 12.7 Å². The van der Waals surface area contributed by atoms with Crippen molar-refractivity contribution in [1.29, 1.82) is 0 Å². The standard InChI is InChI=1S/C18H19FN6O2S/c1-3-15(26)25-7-5-12(19)13(9-25)27-17-11-4-6-20-16(11)22-18(23-17)21-14-8-10(2)24-28-14/h3-4,6,8,12-13H,1,5,7,9H2,2H3,(H2,20,21,22,23)/t12-,13+/m0/s1. The van der Waals surface area contributed by atoms with Crippen LogP contribution in [0.5, 0.6) is 5.88 Å². The van der Waals surface area contributed by atoms with E-state index in [2.05, 4.69) is 31.2 Å². The number of halogens is 1. The topological polar surface area (TPSA) is 96.0 Å². The van der Waals surface area contributed by atoms with Gasteiger partial charge >= 0.3 is 0 Å². The van der Waals surface area contributed by atoms with Crippen LogP contribution in [-0.2, 0) is 4.79 Å². The number of aryl methyl sites for hydroxylation is 1. The van der Waals surface area contributed by atoms with Crippen LogP contribution < -0.4 is 10.1 Å². The zero-order valence-electron chi connectivity index (χ0n) is 15.2. The second-order valence-corrected chi connectivity index (χ2v) is 7.30. The number of alkyl halides is 1. The summed E-state index contributed by atoms with van der Waals surface area (Å²) in [7, 11) is 0. The van der Waals surface area contributed by atoms with Gasteiger partial charge < -0.3 is 19.9 Å². The molecule has 0 spiro atoms. The van der Waals surface area contributed by atoms with E-state index in [1.165, 1.54) is 22.5 Å². The first-order valence-corrected chi connectivity index (χ1v) is 9.58. The Morgan fingerprint density at radius 2 is 2.39 bits per heavy atom. The highest BCUT2D eigenvalue weighted by Gasteiger charge is 2.33. The van der Waals surface area contributed by atoms with Crippen molar-refractivity contribution in [1.82, 2.24) is 24.2 Å². The molecule has 4 heterocycles. The Morgan fingerprint density at radius 1 is 1.54 bits per heavy atom. The van der Waals surface area contributed by atoms with Crippen molar-refractivity contribution in [3.8, 4) is 5.88 Å². The van der Waals surface area contributed by atoms with E-state index in [0.29, 0.717) is 23.5 Å². The van der Waals surface area contributed by atoms with Crippen LogP contribution in [0.4, 0.5) is 15.3 Å². The highest BCUT2D eigenvalue weighted by molar-refractivity contribution is 7.10. The van der Waals surface area contributed by atoms with Gasteiger partial charge in [0.2, 0.25) is 17.7 Å². The smallest absolute Gasteiger partial charge is 0.246 e. The third-order valence-electron chi connectivity index (χ3n) is 4.47. The van der Waals surface area contributed by atoms with Crippen LogP contribution in [0.15, 0.2) is 31.0 Å². The molecule has 2 atom stereocenters. The molecule has 3 aromatic rings. The average Bonchev–Trinajstić information content (AvgIpc) is 3.31. The molecule has 8 nitrogen and oxygen atoms in total. The van der Waals surface area contributed by atoms with E-state index in [1.807, 2.05) is 13.0 Å². The van der Waals surface area contributed by atoms with Crippen LogP contribution >= 0.6 is 11.5 Å². The van der Waals surface area contributed by atoms with Crippen LogP contribution in [0, 0.1) is 6.92 Å². The molecule has 0 unspecified atom stereocenters. The predicted molar refractivity (Wildman–Crippen MR) is 105 cm³/mol. The predicted octanol–water partition coefficient (Wildman–Crippen LogP) is 2.97. The SMILES string of the molecule is C=CC(=O)N1CC[C@H](F)[C@H](Oc2nc(Nc3cc(C)ns3)nc3[nH]ccc23)C1. The number of piperidine rings is 1. The van der Waals surface area contributed by atoms with Crippen molar-refractivity contribution in [3.05, 3.63) is 36.7 Å². The maximum absolute atomic E-state index is 14.5. The number of H-pyrrole nitrogens is 1. The van der Waals surface area contributed by atoms with E-state index in [4.69, 9.17) is 4.74 Å². The van der Waals surface area contributed by atoms with Crippen molar-refractivity contribution < 1.29 is 13.9 Å². The quantitative estimate of drug-likeness (QED) is 0.637. The first kappa shape index (κ1) is 18.4. The summed E-state index contributed by atoms with van der Waals surface area (Å²) in [5.41, 5.74) is 1.46. The first-order chi connectivity index (χ1) is 13.5. The Kier molecular flexibility index (Phi) is 4.95. The molecule has 0 aromatic carbocycles. The molecule has 0 aliphatic carbocycles. The number of hydrogen-bond donors (Lipinski definition) is 2. The van der Waals surface area contributed by atoms with E-state index < -0.39 is 12.3 Å². The van der Waals surface area contributed by atoms with Crippen molar-refractivity contribution in [3.63, 3.8) is 0 Å². The molecular formula is C18H19FN6O2S. The van der Waals surface area contributed by atoms with Crippen LogP contribution in [0.1, 0.15) is 12.1 Å². The van der Waals surface area contributed by atoms with Gasteiger partial charge in [-0.05, 0) is 43.1 Å². The van der Waals surface area contributed by atoms with E-state index in [1.54, 1.807) is 12.3 Å². The number of nitrogens with one attached hydrogen (secondary N) is 2. The summed E-state index contributed by atoms with van der Waals surface area (Å²) in [5.74, 6) is 0.340. The van der Waals surface area contributed by atoms with Crippen molar-refractivity contribution in [2.45, 2.75) is 25.6 Å². The molecule has 1 aliphatic heterocycles. The number of carbonyl (C=O) groups excluding carboxylic acids is 1. The van der Waals surface area contributed by atoms with Gasteiger partial charge in [-0.1, -0.05) is 6.58 Å². The number of fused-ring (bicyclic) bond motifs is 1. The molecule has 1 amide bonds. The Labute approximate surface area is 164 Å². The second kappa shape index (κ2) is 7.55. The Hall–Kier alpha value is -3.01. The van der Waals surface area contributed by atoms with E-state index in [9.17, 15) is 9.18 Å². The van der Waals surface area contributed by atoms with Gasteiger partial charge in [-0.25, -0.2) is 4.39 Å². The first-order valence-electron chi connectivity index (χ1n) is 8.81. The summed E-state index contributed by atoms with van der Waals surface area (Å²) in [5, 5.41) is 4.53. The van der Waals surface area contributed by atoms with Crippen LogP contribution in [0.25, 0.3) is 11.0 Å². The van der Waals surface area contributed by atoms with Crippen LogP contribution in [0.2, 0.25) is 0 Å². The maximum atomic E-state index is 14.5. The lowest BCUT2D eigenvalue weighted by atomic mass is 10.1. The molecule has 146 valence electrons. The van der Waals surface area contributed by atoms with Crippen molar-refractivity contribution >= 4 is 39.4 Å². The number of carbonyl (C=O) groups is 1. The number of aromatic nitrogens is 4. The minimum atomic E-state index is -1.20. The second-order valence-electron chi connectivity index (χ2n) is 6.50. The Bertz CT molecular complexity index is 1020. The summed E-state index contributed by atoms with van der Waals surface area (Å²) in [6, 6.07) is 3.65. The molecular weight excluding hydrogens is 383 g/mol. The molecule has 0 bridgehead atoms. The molecule has 0 radical (unpaired) electrons. The third-order valence-corrected chi connectivity index (χ3v) is 5.27. The number of hydrogen-bond acceptors (Lipinski definition) is 7. The van der Waals surface area contributed by atoms with Crippen LogP contribution in [-0.4, -0.2) is 55.5 Å². The molecule has 4 rings (SSSR count). The zero-order valence-corrected chi connectivity index (χ0v) is 16.0. The lowest BCUT2D eigenvalue weighted by Crippen LogP contribution is -2.49. The third kappa shape index (κ3) is 3.68. The van der Waals surface area contributed by atoms with Crippen molar-refractivity contribution in [2.24, 2.45) is 0 Å². The van der Waals surface area contributed by atoms with Gasteiger partial charge in [0.05, 0.1) is 17.6 Å². The fourth-order valence-corrected chi connectivity index (χ4v) is 3.72. The minimum absolute atomic E-state index is 0.138. The molecule has 3 aromatic heterocycles. The zero-order chi connectivity index (χ0) is 19.7. The lowest BCUT2D eigenvalue weighted by Gasteiger charge is -2.34. The Balaban J connectivity index is 1.60. The van der Waals surface area contributed by atoms with Gasteiger partial charge in [0.25, 0.3) is 0 Å². The number of aromatic amines is 1. The molecule has 10 heteroatoms. The molecule has 2 N–H and O–H groups in total. The number of nitrogens with zero attached hydrogens (tertiary/aromatic N) is 4. The average molecular weight is 402 g/mol. The molecule has 1 fully saturated rings. The van der Waals surface area contributed by atoms with Crippen LogP contribution in [0.3, 0.4) is 0 Å². The summed E-state index contributed by atoms with van der Waals surface area (Å²) < 4.78 is 24.6. The highest BCUT2D eigenvalue weighted by atomic mass is 32.1.